The van der Waals surface area contributed by atoms with Crippen molar-refractivity contribution < 1.29 is 9.32 Å². The van der Waals surface area contributed by atoms with Crippen molar-refractivity contribution in [1.29, 1.82) is 0 Å². The Morgan fingerprint density at radius 3 is 2.50 bits per heavy atom. The van der Waals surface area contributed by atoms with Gasteiger partial charge in [-0.25, -0.2) is 0 Å². The van der Waals surface area contributed by atoms with Crippen LogP contribution in [0.15, 0.2) is 4.52 Å². The Hall–Kier alpha value is -0.820. The highest BCUT2D eigenvalue weighted by Gasteiger charge is 2.25. The molecule has 1 N–H and O–H groups in total. The largest absolute Gasteiger partial charge is 0.361 e. The van der Waals surface area contributed by atoms with E-state index in [1.807, 2.05) is 18.7 Å². The molecule has 3 heterocycles. The van der Waals surface area contributed by atoms with Crippen molar-refractivity contribution >= 4 is 30.7 Å². The summed E-state index contributed by atoms with van der Waals surface area (Å²) in [5, 5.41) is 7.41. The van der Waals surface area contributed by atoms with Gasteiger partial charge in [0.15, 0.2) is 0 Å². The van der Waals surface area contributed by atoms with E-state index < -0.39 is 0 Å². The number of piperazine rings is 1. The van der Waals surface area contributed by atoms with Crippen molar-refractivity contribution in [2.75, 3.05) is 32.7 Å². The number of nitrogens with one attached hydrogen (secondary N) is 1. The molecule has 0 aliphatic carbocycles. The van der Waals surface area contributed by atoms with Gasteiger partial charge in [0.05, 0.1) is 5.69 Å². The fourth-order valence-electron chi connectivity index (χ4n) is 3.38. The number of hydrogen-bond acceptors (Lipinski definition) is 5. The van der Waals surface area contributed by atoms with Gasteiger partial charge >= 0.3 is 0 Å². The second-order valence-electron chi connectivity index (χ2n) is 6.46. The Labute approximate surface area is 156 Å². The van der Waals surface area contributed by atoms with Crippen LogP contribution in [0.25, 0.3) is 0 Å². The summed E-state index contributed by atoms with van der Waals surface area (Å²) in [6, 6.07) is 0.396. The number of aryl methyl sites for hydroxylation is 2. The van der Waals surface area contributed by atoms with Crippen LogP contribution in [0.1, 0.15) is 36.3 Å². The normalized spacial score (nSPS) is 21.2. The van der Waals surface area contributed by atoms with Gasteiger partial charge in [-0.15, -0.1) is 24.8 Å². The minimum absolute atomic E-state index is 0. The Kier molecular flexibility index (Phi) is 8.50. The quantitative estimate of drug-likeness (QED) is 0.866. The lowest BCUT2D eigenvalue weighted by molar-refractivity contribution is -0.133. The Morgan fingerprint density at radius 2 is 1.96 bits per heavy atom. The summed E-state index contributed by atoms with van der Waals surface area (Å²) in [7, 11) is 0. The van der Waals surface area contributed by atoms with Crippen LogP contribution in [-0.4, -0.2) is 59.6 Å². The molecule has 0 radical (unpaired) electrons. The minimum Gasteiger partial charge on any atom is -0.361 e. The molecule has 0 saturated carbocycles. The van der Waals surface area contributed by atoms with Crippen LogP contribution in [0.3, 0.4) is 0 Å². The predicted octanol–water partition coefficient (Wildman–Crippen LogP) is 1.92. The molecule has 138 valence electrons. The summed E-state index contributed by atoms with van der Waals surface area (Å²) >= 11 is 0. The predicted molar refractivity (Wildman–Crippen MR) is 98.0 cm³/mol. The maximum Gasteiger partial charge on any atom is 0.224 e. The van der Waals surface area contributed by atoms with Crippen LogP contribution in [0.2, 0.25) is 0 Å². The lowest BCUT2D eigenvalue weighted by Crippen LogP contribution is -2.49. The molecule has 1 aromatic rings. The van der Waals surface area contributed by atoms with Gasteiger partial charge in [0.2, 0.25) is 5.91 Å². The fraction of sp³-hybridized carbons (Fsp3) is 0.750. The van der Waals surface area contributed by atoms with Crippen LogP contribution in [0, 0.1) is 13.8 Å². The number of amides is 1. The summed E-state index contributed by atoms with van der Waals surface area (Å²) in [5.41, 5.74) is 2.17. The average Bonchev–Trinajstić information content (AvgIpc) is 3.13. The van der Waals surface area contributed by atoms with Crippen molar-refractivity contribution in [2.45, 2.75) is 45.7 Å². The topological polar surface area (TPSA) is 61.6 Å². The molecule has 1 atom stereocenters. The van der Waals surface area contributed by atoms with Crippen LogP contribution in [0.5, 0.6) is 0 Å². The third-order valence-corrected chi connectivity index (χ3v) is 4.87. The zero-order valence-corrected chi connectivity index (χ0v) is 16.0. The maximum absolute atomic E-state index is 12.3. The maximum atomic E-state index is 12.3. The van der Waals surface area contributed by atoms with Crippen molar-refractivity contribution in [3.05, 3.63) is 17.0 Å². The highest BCUT2D eigenvalue weighted by molar-refractivity contribution is 5.85. The van der Waals surface area contributed by atoms with Gasteiger partial charge in [-0.3, -0.25) is 9.69 Å². The smallest absolute Gasteiger partial charge is 0.224 e. The first kappa shape index (κ1) is 21.2. The molecule has 8 heteroatoms. The van der Waals surface area contributed by atoms with Crippen LogP contribution < -0.4 is 5.32 Å². The number of carbonyl (C=O) groups is 1. The summed E-state index contributed by atoms with van der Waals surface area (Å²) in [6.45, 7) is 9.38. The van der Waals surface area contributed by atoms with E-state index in [0.29, 0.717) is 18.4 Å². The fourth-order valence-corrected chi connectivity index (χ4v) is 3.38. The lowest BCUT2D eigenvalue weighted by Gasteiger charge is -2.35. The van der Waals surface area contributed by atoms with Gasteiger partial charge in [-0.2, -0.15) is 0 Å². The molecular weight excluding hydrogens is 351 g/mol. The molecule has 2 aliphatic rings. The first-order chi connectivity index (χ1) is 10.6. The molecule has 0 spiro atoms. The minimum atomic E-state index is 0. The number of hydrogen-bond donors (Lipinski definition) is 1. The average molecular weight is 379 g/mol. The van der Waals surface area contributed by atoms with E-state index in [9.17, 15) is 4.79 Å². The Bertz CT molecular complexity index is 505. The summed E-state index contributed by atoms with van der Waals surface area (Å²) < 4.78 is 5.22. The Morgan fingerprint density at radius 1 is 1.25 bits per heavy atom. The molecule has 1 unspecified atom stereocenters. The SMILES string of the molecule is Cc1noc(C)c1CN1CCN(C(=O)CC2CCCN2)CC1.Cl.Cl. The Balaban J connectivity index is 0.00000144. The van der Waals surface area contributed by atoms with Gasteiger partial charge in [-0.1, -0.05) is 5.16 Å². The van der Waals surface area contributed by atoms with Gasteiger partial charge in [0.25, 0.3) is 0 Å². The van der Waals surface area contributed by atoms with Crippen molar-refractivity contribution in [1.82, 2.24) is 20.3 Å². The van der Waals surface area contributed by atoms with E-state index >= 15 is 0 Å². The van der Waals surface area contributed by atoms with Crippen LogP contribution >= 0.6 is 24.8 Å². The first-order valence-electron chi connectivity index (χ1n) is 8.29. The number of aromatic nitrogens is 1. The van der Waals surface area contributed by atoms with Crippen LogP contribution in [0.4, 0.5) is 0 Å². The van der Waals surface area contributed by atoms with Crippen molar-refractivity contribution in [3.8, 4) is 0 Å². The molecule has 2 saturated heterocycles. The third kappa shape index (κ3) is 5.09. The first-order valence-corrected chi connectivity index (χ1v) is 8.29. The van der Waals surface area contributed by atoms with E-state index in [-0.39, 0.29) is 24.8 Å². The van der Waals surface area contributed by atoms with Gasteiger partial charge in [0.1, 0.15) is 5.76 Å². The molecule has 2 fully saturated rings. The molecule has 24 heavy (non-hydrogen) atoms. The van der Waals surface area contributed by atoms with Crippen molar-refractivity contribution in [2.24, 2.45) is 0 Å². The van der Waals surface area contributed by atoms with E-state index in [1.54, 1.807) is 0 Å². The molecule has 6 nitrogen and oxygen atoms in total. The van der Waals surface area contributed by atoms with Gasteiger partial charge in [-0.05, 0) is 33.2 Å². The van der Waals surface area contributed by atoms with E-state index in [2.05, 4.69) is 15.4 Å². The van der Waals surface area contributed by atoms with Crippen LogP contribution in [-0.2, 0) is 11.3 Å². The van der Waals surface area contributed by atoms with E-state index in [1.165, 1.54) is 12.0 Å². The second-order valence-corrected chi connectivity index (χ2v) is 6.46. The third-order valence-electron chi connectivity index (χ3n) is 4.87. The molecule has 2 aliphatic heterocycles. The molecule has 0 bridgehead atoms. The lowest BCUT2D eigenvalue weighted by atomic mass is 10.1. The summed E-state index contributed by atoms with van der Waals surface area (Å²) in [4.78, 5) is 16.7. The summed E-state index contributed by atoms with van der Waals surface area (Å²) in [5.74, 6) is 1.21. The summed E-state index contributed by atoms with van der Waals surface area (Å²) in [6.07, 6.45) is 2.99. The molecule has 3 rings (SSSR count). The molecule has 0 aromatic carbocycles. The van der Waals surface area contributed by atoms with Gasteiger partial charge in [0, 0.05) is 50.7 Å². The number of halogens is 2. The molecule has 1 amide bonds. The molecular formula is C16H28Cl2N4O2. The zero-order chi connectivity index (χ0) is 15.5. The van der Waals surface area contributed by atoms with E-state index in [0.717, 1.165) is 57.1 Å². The highest BCUT2D eigenvalue weighted by Crippen LogP contribution is 2.17. The van der Waals surface area contributed by atoms with Gasteiger partial charge < -0.3 is 14.7 Å². The monoisotopic (exact) mass is 378 g/mol. The van der Waals surface area contributed by atoms with E-state index in [4.69, 9.17) is 4.52 Å². The molecule has 1 aromatic heterocycles. The zero-order valence-electron chi connectivity index (χ0n) is 14.4. The number of nitrogens with zero attached hydrogens (tertiary/aromatic N) is 3. The standard InChI is InChI=1S/C16H26N4O2.2ClH/c1-12-15(13(2)22-18-12)11-19-6-8-20(9-7-19)16(21)10-14-4-3-5-17-14;;/h14,17H,3-11H2,1-2H3;2*1H. The van der Waals surface area contributed by atoms with Crippen molar-refractivity contribution in [3.63, 3.8) is 0 Å². The second kappa shape index (κ2) is 9.61. The highest BCUT2D eigenvalue weighted by atomic mass is 35.5. The number of carbonyl (C=O) groups excluding carboxylic acids is 1. The number of rotatable bonds is 4.